The summed E-state index contributed by atoms with van der Waals surface area (Å²) in [5, 5.41) is 4.83. The van der Waals surface area contributed by atoms with Gasteiger partial charge < -0.3 is 10.1 Å². The molecule has 3 aromatic rings. The maximum atomic E-state index is 12.2. The van der Waals surface area contributed by atoms with Crippen molar-refractivity contribution in [3.05, 3.63) is 48.5 Å². The predicted molar refractivity (Wildman–Crippen MR) is 106 cm³/mol. The normalized spacial score (nSPS) is 11.8. The molecular formula is C19H20N4O3S. The predicted octanol–water partition coefficient (Wildman–Crippen LogP) is 2.97. The third-order valence-electron chi connectivity index (χ3n) is 3.98. The van der Waals surface area contributed by atoms with Gasteiger partial charge in [-0.25, -0.2) is 9.78 Å². The summed E-state index contributed by atoms with van der Waals surface area (Å²) in [5.41, 5.74) is 2.67. The molecule has 8 heteroatoms. The molecule has 0 aliphatic heterocycles. The Kier molecular flexibility index (Phi) is 5.66. The van der Waals surface area contributed by atoms with Gasteiger partial charge in [-0.1, -0.05) is 23.9 Å². The number of benzene rings is 2. The summed E-state index contributed by atoms with van der Waals surface area (Å²) in [6, 6.07) is 14.9. The molecule has 0 bridgehead atoms. The van der Waals surface area contributed by atoms with Gasteiger partial charge in [-0.05, 0) is 43.3 Å². The van der Waals surface area contributed by atoms with Gasteiger partial charge in [0.25, 0.3) is 0 Å². The third-order valence-corrected chi connectivity index (χ3v) is 5.03. The number of nitrogens with one attached hydrogen (secondary N) is 2. The van der Waals surface area contributed by atoms with Crippen LogP contribution in [0.5, 0.6) is 5.75 Å². The van der Waals surface area contributed by atoms with Crippen LogP contribution in [0, 0.1) is 0 Å². The molecule has 0 unspecified atom stereocenters. The Labute approximate surface area is 161 Å². The Morgan fingerprint density at radius 1 is 1.15 bits per heavy atom. The Morgan fingerprint density at radius 2 is 1.85 bits per heavy atom. The van der Waals surface area contributed by atoms with Crippen molar-refractivity contribution in [1.29, 1.82) is 0 Å². The summed E-state index contributed by atoms with van der Waals surface area (Å²) in [6.07, 6.45) is 0. The van der Waals surface area contributed by atoms with Crippen molar-refractivity contribution >= 4 is 34.7 Å². The second-order valence-electron chi connectivity index (χ2n) is 5.74. The fourth-order valence-corrected chi connectivity index (χ4v) is 3.49. The Hall–Kier alpha value is -3.00. The van der Waals surface area contributed by atoms with E-state index in [9.17, 15) is 9.59 Å². The van der Waals surface area contributed by atoms with Gasteiger partial charge in [0.05, 0.1) is 23.4 Å². The quantitative estimate of drug-likeness (QED) is 0.661. The number of thioether (sulfide) groups is 1. The molecule has 1 atom stereocenters. The van der Waals surface area contributed by atoms with Crippen LogP contribution in [0.15, 0.2) is 53.7 Å². The van der Waals surface area contributed by atoms with E-state index in [1.54, 1.807) is 14.0 Å². The van der Waals surface area contributed by atoms with Crippen LogP contribution in [0.25, 0.3) is 16.7 Å². The number of carbonyl (C=O) groups excluding carboxylic acids is 2. The molecule has 7 nitrogen and oxygen atoms in total. The molecule has 0 aliphatic carbocycles. The van der Waals surface area contributed by atoms with E-state index in [1.807, 2.05) is 53.1 Å². The van der Waals surface area contributed by atoms with Crippen LogP contribution < -0.4 is 15.4 Å². The molecule has 0 saturated carbocycles. The highest BCUT2D eigenvalue weighted by Gasteiger charge is 2.21. The second-order valence-corrected chi connectivity index (χ2v) is 7.05. The van der Waals surface area contributed by atoms with Gasteiger partial charge in [-0.2, -0.15) is 0 Å². The Morgan fingerprint density at radius 3 is 2.52 bits per heavy atom. The molecule has 1 heterocycles. The Balaban J connectivity index is 1.97. The SMILES string of the molecule is CNC(=O)NC(=O)[C@H](C)Sc1nc2ccccc2n1-c1ccc(OC)cc1. The third kappa shape index (κ3) is 4.06. The summed E-state index contributed by atoms with van der Waals surface area (Å²) in [5.74, 6) is 0.378. The average Bonchev–Trinajstić information content (AvgIpc) is 3.05. The molecular weight excluding hydrogens is 364 g/mol. The lowest BCUT2D eigenvalue weighted by Gasteiger charge is -2.13. The van der Waals surface area contributed by atoms with Gasteiger partial charge in [0.2, 0.25) is 5.91 Å². The molecule has 3 rings (SSSR count). The fraction of sp³-hybridized carbons (Fsp3) is 0.211. The zero-order chi connectivity index (χ0) is 19.4. The van der Waals surface area contributed by atoms with Gasteiger partial charge in [0, 0.05) is 12.7 Å². The van der Waals surface area contributed by atoms with E-state index < -0.39 is 11.3 Å². The van der Waals surface area contributed by atoms with Crippen molar-refractivity contribution in [2.24, 2.45) is 0 Å². The van der Waals surface area contributed by atoms with Crippen molar-refractivity contribution < 1.29 is 14.3 Å². The summed E-state index contributed by atoms with van der Waals surface area (Å²) in [4.78, 5) is 28.3. The number of ether oxygens (including phenoxy) is 1. The highest BCUT2D eigenvalue weighted by Crippen LogP contribution is 2.31. The minimum absolute atomic E-state index is 0.382. The van der Waals surface area contributed by atoms with Crippen LogP contribution in [0.3, 0.4) is 0 Å². The minimum atomic E-state index is -0.531. The van der Waals surface area contributed by atoms with Crippen LogP contribution in [-0.2, 0) is 4.79 Å². The average molecular weight is 384 g/mol. The lowest BCUT2D eigenvalue weighted by Crippen LogP contribution is -2.41. The zero-order valence-corrected chi connectivity index (χ0v) is 16.0. The monoisotopic (exact) mass is 384 g/mol. The number of hydrogen-bond acceptors (Lipinski definition) is 5. The van der Waals surface area contributed by atoms with Crippen LogP contribution >= 0.6 is 11.8 Å². The number of hydrogen-bond donors (Lipinski definition) is 2. The number of rotatable bonds is 5. The van der Waals surface area contributed by atoms with E-state index in [0.29, 0.717) is 5.16 Å². The molecule has 0 aliphatic rings. The van der Waals surface area contributed by atoms with E-state index in [-0.39, 0.29) is 5.91 Å². The molecule has 27 heavy (non-hydrogen) atoms. The molecule has 3 amide bonds. The largest absolute Gasteiger partial charge is 0.497 e. The lowest BCUT2D eigenvalue weighted by molar-refractivity contribution is -0.119. The Bertz CT molecular complexity index is 969. The number of nitrogens with zero attached hydrogens (tertiary/aromatic N) is 2. The molecule has 2 aromatic carbocycles. The number of amides is 3. The van der Waals surface area contributed by atoms with Crippen molar-refractivity contribution in [1.82, 2.24) is 20.2 Å². The van der Waals surface area contributed by atoms with Crippen LogP contribution in [0.2, 0.25) is 0 Å². The van der Waals surface area contributed by atoms with E-state index in [2.05, 4.69) is 15.6 Å². The van der Waals surface area contributed by atoms with E-state index >= 15 is 0 Å². The van der Waals surface area contributed by atoms with Crippen LogP contribution in [0.1, 0.15) is 6.92 Å². The molecule has 0 spiro atoms. The van der Waals surface area contributed by atoms with Crippen molar-refractivity contribution in [3.8, 4) is 11.4 Å². The second kappa shape index (κ2) is 8.13. The van der Waals surface area contributed by atoms with Gasteiger partial charge in [-0.3, -0.25) is 14.7 Å². The highest BCUT2D eigenvalue weighted by atomic mass is 32.2. The molecule has 1 aromatic heterocycles. The molecule has 0 saturated heterocycles. The molecule has 0 fully saturated rings. The van der Waals surface area contributed by atoms with E-state index in [4.69, 9.17) is 4.74 Å². The first kappa shape index (κ1) is 18.8. The number of imidazole rings is 1. The van der Waals surface area contributed by atoms with Gasteiger partial charge >= 0.3 is 6.03 Å². The molecule has 140 valence electrons. The first-order valence-electron chi connectivity index (χ1n) is 8.34. The number of imide groups is 1. The van der Waals surface area contributed by atoms with Crippen molar-refractivity contribution in [2.75, 3.05) is 14.2 Å². The topological polar surface area (TPSA) is 85.3 Å². The standard InChI is InChI=1S/C19H20N4O3S/c1-12(17(24)22-18(25)20-2)27-19-21-15-6-4-5-7-16(15)23(19)13-8-10-14(26-3)11-9-13/h4-12H,1-3H3,(H2,20,22,24,25)/t12-/m0/s1. The van der Waals surface area contributed by atoms with E-state index in [1.165, 1.54) is 18.8 Å². The molecule has 2 N–H and O–H groups in total. The van der Waals surface area contributed by atoms with Crippen LogP contribution in [-0.4, -0.2) is 40.9 Å². The van der Waals surface area contributed by atoms with E-state index in [0.717, 1.165) is 22.5 Å². The number of methoxy groups -OCH3 is 1. The number of fused-ring (bicyclic) bond motifs is 1. The number of aromatic nitrogens is 2. The summed E-state index contributed by atoms with van der Waals surface area (Å²) < 4.78 is 7.22. The number of para-hydroxylation sites is 2. The summed E-state index contributed by atoms with van der Waals surface area (Å²) in [7, 11) is 3.08. The highest BCUT2D eigenvalue weighted by molar-refractivity contribution is 8.00. The number of carbonyl (C=O) groups is 2. The van der Waals surface area contributed by atoms with Crippen LogP contribution in [0.4, 0.5) is 4.79 Å². The first-order chi connectivity index (χ1) is 13.0. The summed E-state index contributed by atoms with van der Waals surface area (Å²) in [6.45, 7) is 1.74. The lowest BCUT2D eigenvalue weighted by atomic mass is 10.2. The van der Waals surface area contributed by atoms with Gasteiger partial charge in [-0.15, -0.1) is 0 Å². The van der Waals surface area contributed by atoms with Gasteiger partial charge in [0.1, 0.15) is 5.75 Å². The molecule has 0 radical (unpaired) electrons. The maximum absolute atomic E-state index is 12.2. The summed E-state index contributed by atoms with van der Waals surface area (Å²) >= 11 is 1.29. The van der Waals surface area contributed by atoms with Gasteiger partial charge in [0.15, 0.2) is 5.16 Å². The minimum Gasteiger partial charge on any atom is -0.497 e. The first-order valence-corrected chi connectivity index (χ1v) is 9.22. The maximum Gasteiger partial charge on any atom is 0.321 e. The smallest absolute Gasteiger partial charge is 0.321 e. The van der Waals surface area contributed by atoms with Crippen molar-refractivity contribution in [2.45, 2.75) is 17.3 Å². The fourth-order valence-electron chi connectivity index (χ4n) is 2.55. The number of urea groups is 1. The van der Waals surface area contributed by atoms with Crippen molar-refractivity contribution in [3.63, 3.8) is 0 Å². The zero-order valence-electron chi connectivity index (χ0n) is 15.2.